The summed E-state index contributed by atoms with van der Waals surface area (Å²) < 4.78 is 62.4. The van der Waals surface area contributed by atoms with E-state index in [2.05, 4.69) is 14.7 Å². The van der Waals surface area contributed by atoms with Crippen LogP contribution in [-0.2, 0) is 14.5 Å². The van der Waals surface area contributed by atoms with E-state index in [0.717, 1.165) is 5.56 Å². The quantitative estimate of drug-likeness (QED) is 0.309. The molecule has 2 aromatic carbocycles. The Hall–Kier alpha value is -4.26. The largest absolute Gasteiger partial charge is 0.486 e. The van der Waals surface area contributed by atoms with Gasteiger partial charge in [-0.2, -0.15) is 0 Å². The van der Waals surface area contributed by atoms with Crippen molar-refractivity contribution >= 4 is 33.2 Å². The summed E-state index contributed by atoms with van der Waals surface area (Å²) in [6.45, 7) is 8.02. The molecular formula is C33H38F2N4O6S. The molecule has 0 spiro atoms. The highest BCUT2D eigenvalue weighted by Gasteiger charge is 2.34. The third kappa shape index (κ3) is 7.75. The zero-order valence-electron chi connectivity index (χ0n) is 26.5. The molecule has 0 aliphatic carbocycles. The summed E-state index contributed by atoms with van der Waals surface area (Å²) in [5.74, 6) is -1.84. The van der Waals surface area contributed by atoms with Crippen LogP contribution in [0.1, 0.15) is 56.0 Å². The van der Waals surface area contributed by atoms with Gasteiger partial charge in [0.05, 0.1) is 15.3 Å². The minimum absolute atomic E-state index is 0.0304. The van der Waals surface area contributed by atoms with Crippen molar-refractivity contribution in [3.05, 3.63) is 59.8 Å². The lowest BCUT2D eigenvalue weighted by Crippen LogP contribution is -2.30. The van der Waals surface area contributed by atoms with Gasteiger partial charge in [-0.25, -0.2) is 22.8 Å². The maximum atomic E-state index is 14.3. The van der Waals surface area contributed by atoms with Gasteiger partial charge in [0.2, 0.25) is 5.92 Å². The molecule has 2 amide bonds. The van der Waals surface area contributed by atoms with Crippen LogP contribution in [-0.4, -0.2) is 65.3 Å². The van der Waals surface area contributed by atoms with Gasteiger partial charge in [0.1, 0.15) is 24.6 Å². The summed E-state index contributed by atoms with van der Waals surface area (Å²) in [4.78, 5) is 33.0. The number of alkyl halides is 2. The summed E-state index contributed by atoms with van der Waals surface area (Å²) in [6, 6.07) is 11.7. The first-order chi connectivity index (χ1) is 21.6. The van der Waals surface area contributed by atoms with Gasteiger partial charge in [-0.3, -0.25) is 4.79 Å². The Morgan fingerprint density at radius 1 is 1.07 bits per heavy atom. The molecule has 0 radical (unpaired) electrons. The average Bonchev–Trinajstić information content (AvgIpc) is 3.15. The predicted octanol–water partition coefficient (Wildman–Crippen LogP) is 7.10. The highest BCUT2D eigenvalue weighted by molar-refractivity contribution is 7.93. The van der Waals surface area contributed by atoms with Gasteiger partial charge in [-0.05, 0) is 75.6 Å². The highest BCUT2D eigenvalue weighted by atomic mass is 32.2. The summed E-state index contributed by atoms with van der Waals surface area (Å²) in [5, 5.41) is 2.86. The zero-order chi connectivity index (χ0) is 33.3. The molecule has 46 heavy (non-hydrogen) atoms. The van der Waals surface area contributed by atoms with Crippen molar-refractivity contribution in [2.24, 2.45) is 4.36 Å². The Morgan fingerprint density at radius 2 is 1.80 bits per heavy atom. The molecule has 246 valence electrons. The van der Waals surface area contributed by atoms with E-state index < -0.39 is 33.3 Å². The molecule has 1 aromatic heterocycles. The van der Waals surface area contributed by atoms with E-state index in [1.165, 1.54) is 12.3 Å². The highest BCUT2D eigenvalue weighted by Crippen LogP contribution is 2.38. The number of carbonyl (C=O) groups excluding carboxylic acids is 2. The van der Waals surface area contributed by atoms with Crippen LogP contribution in [0.3, 0.4) is 0 Å². The van der Waals surface area contributed by atoms with Crippen LogP contribution in [0.15, 0.2) is 57.9 Å². The molecule has 2 aliphatic rings. The standard InChI is InChI=1S/C33H38F2N4O6S/c1-21-25(22-10-11-26-27(18-22)44-17-16-43-26)20-36-29(39-14-7-12-33(34,35)13-15-39)28(21)30(40)37-23-8-6-9-24(19-23)46(5,42)38-31(41)45-32(2,3)4/h6,8-11,18-20H,7,12-17H2,1-5H3,(H,37,40)/t46-/m1/s1. The first-order valence-electron chi connectivity index (χ1n) is 15.0. The lowest BCUT2D eigenvalue weighted by molar-refractivity contribution is -0.0102. The Balaban J connectivity index is 1.52. The van der Waals surface area contributed by atoms with Crippen LogP contribution in [0.25, 0.3) is 11.1 Å². The van der Waals surface area contributed by atoms with E-state index in [1.807, 2.05) is 12.1 Å². The number of halogens is 2. The number of rotatable bonds is 5. The Kier molecular flexibility index (Phi) is 9.26. The van der Waals surface area contributed by atoms with Gasteiger partial charge in [-0.15, -0.1) is 4.36 Å². The number of hydrogen-bond acceptors (Lipinski definition) is 8. The summed E-state index contributed by atoms with van der Waals surface area (Å²) >= 11 is 0. The van der Waals surface area contributed by atoms with Gasteiger partial charge in [0.25, 0.3) is 5.91 Å². The number of nitrogens with zero attached hydrogens (tertiary/aromatic N) is 3. The van der Waals surface area contributed by atoms with E-state index in [9.17, 15) is 22.6 Å². The van der Waals surface area contributed by atoms with Crippen molar-refractivity contribution in [2.45, 2.75) is 63.4 Å². The molecule has 2 aliphatic heterocycles. The number of hydrogen-bond donors (Lipinski definition) is 1. The SMILES string of the molecule is Cc1c(-c2ccc3c(c2)OCCO3)cnc(N2CCCC(F)(F)CC2)c1C(=O)Nc1cccc([S@@](C)(=O)=NC(=O)OC(C)(C)C)c1. The number of fused-ring (bicyclic) bond motifs is 1. The second-order valence-corrected chi connectivity index (χ2v) is 14.7. The van der Waals surface area contributed by atoms with E-state index in [4.69, 9.17) is 14.2 Å². The van der Waals surface area contributed by atoms with Crippen molar-refractivity contribution in [1.29, 1.82) is 0 Å². The van der Waals surface area contributed by atoms with Gasteiger partial charge in [0, 0.05) is 54.5 Å². The summed E-state index contributed by atoms with van der Waals surface area (Å²) in [7, 11) is -3.22. The van der Waals surface area contributed by atoms with Crippen molar-refractivity contribution < 1.29 is 36.8 Å². The van der Waals surface area contributed by atoms with Gasteiger partial charge in [0.15, 0.2) is 11.5 Å². The third-order valence-corrected chi connectivity index (χ3v) is 9.21. The lowest BCUT2D eigenvalue weighted by atomic mass is 9.97. The third-order valence-electron chi connectivity index (χ3n) is 7.59. The molecule has 1 fully saturated rings. The van der Waals surface area contributed by atoms with Crippen molar-refractivity contribution in [2.75, 3.05) is 42.8 Å². The Morgan fingerprint density at radius 3 is 2.54 bits per heavy atom. The normalized spacial score (nSPS) is 17.3. The molecule has 1 atom stereocenters. The number of ether oxygens (including phenoxy) is 3. The molecule has 0 bridgehead atoms. The monoisotopic (exact) mass is 656 g/mol. The van der Waals surface area contributed by atoms with Gasteiger partial charge >= 0.3 is 6.09 Å². The van der Waals surface area contributed by atoms with E-state index in [-0.39, 0.29) is 36.3 Å². The second kappa shape index (κ2) is 12.9. The molecule has 10 nitrogen and oxygen atoms in total. The van der Waals surface area contributed by atoms with Crippen LogP contribution in [0, 0.1) is 6.92 Å². The second-order valence-electron chi connectivity index (χ2n) is 12.4. The van der Waals surface area contributed by atoms with E-state index >= 15 is 0 Å². The molecule has 1 saturated heterocycles. The van der Waals surface area contributed by atoms with Crippen LogP contribution in [0.5, 0.6) is 11.5 Å². The fourth-order valence-electron chi connectivity index (χ4n) is 5.36. The minimum Gasteiger partial charge on any atom is -0.486 e. The summed E-state index contributed by atoms with van der Waals surface area (Å²) in [5.41, 5.74) is 1.70. The molecule has 0 saturated carbocycles. The fraction of sp³-hybridized carbons (Fsp3) is 0.424. The smallest absolute Gasteiger partial charge is 0.442 e. The lowest BCUT2D eigenvalue weighted by Gasteiger charge is -2.26. The topological polar surface area (TPSA) is 119 Å². The van der Waals surface area contributed by atoms with Crippen molar-refractivity contribution in [3.8, 4) is 22.6 Å². The fourth-order valence-corrected chi connectivity index (χ4v) is 6.46. The van der Waals surface area contributed by atoms with Crippen molar-refractivity contribution in [1.82, 2.24) is 4.98 Å². The number of aromatic nitrogens is 1. The number of carbonyl (C=O) groups is 2. The average molecular weight is 657 g/mol. The number of anilines is 2. The number of benzene rings is 2. The molecule has 1 N–H and O–H groups in total. The van der Waals surface area contributed by atoms with E-state index in [0.29, 0.717) is 53.9 Å². The summed E-state index contributed by atoms with van der Waals surface area (Å²) in [6.07, 6.45) is 1.65. The molecule has 3 aromatic rings. The van der Waals surface area contributed by atoms with Crippen LogP contribution < -0.4 is 19.7 Å². The molecular weight excluding hydrogens is 618 g/mol. The predicted molar refractivity (Wildman–Crippen MR) is 172 cm³/mol. The van der Waals surface area contributed by atoms with Crippen LogP contribution >= 0.6 is 0 Å². The number of nitrogens with one attached hydrogen (secondary N) is 1. The van der Waals surface area contributed by atoms with Crippen molar-refractivity contribution in [3.63, 3.8) is 0 Å². The minimum atomic E-state index is -3.22. The molecule has 5 rings (SSSR count). The first-order valence-corrected chi connectivity index (χ1v) is 16.9. The molecule has 13 heteroatoms. The van der Waals surface area contributed by atoms with Crippen LogP contribution in [0.2, 0.25) is 0 Å². The Labute approximate surface area is 267 Å². The maximum Gasteiger partial charge on any atom is 0.442 e. The van der Waals surface area contributed by atoms with Crippen LogP contribution in [0.4, 0.5) is 25.1 Å². The Bertz CT molecular complexity index is 1780. The maximum absolute atomic E-state index is 14.3. The number of pyridine rings is 1. The molecule has 0 unspecified atom stereocenters. The van der Waals surface area contributed by atoms with Gasteiger partial charge < -0.3 is 24.4 Å². The number of amides is 2. The first kappa shape index (κ1) is 33.1. The van der Waals surface area contributed by atoms with E-state index in [1.54, 1.807) is 63.1 Å². The van der Waals surface area contributed by atoms with Gasteiger partial charge in [-0.1, -0.05) is 12.1 Å². The molecule has 3 heterocycles. The zero-order valence-corrected chi connectivity index (χ0v) is 27.3.